The Kier molecular flexibility index (Phi) is 6.60. The zero-order valence-corrected chi connectivity index (χ0v) is 11.1. The van der Waals surface area contributed by atoms with E-state index < -0.39 is 8.07 Å². The molecule has 0 atom stereocenters. The van der Waals surface area contributed by atoms with Gasteiger partial charge < -0.3 is 4.74 Å². The van der Waals surface area contributed by atoms with E-state index in [1.165, 1.54) is 11.6 Å². The Morgan fingerprint density at radius 3 is 2.50 bits per heavy atom. The molecule has 0 rings (SSSR count). The summed E-state index contributed by atoms with van der Waals surface area (Å²) in [6.07, 6.45) is 2.31. The van der Waals surface area contributed by atoms with Gasteiger partial charge in [0.05, 0.1) is 6.61 Å². The molecule has 0 aromatic rings. The molecule has 0 radical (unpaired) electrons. The molecule has 0 aromatic heterocycles. The van der Waals surface area contributed by atoms with Crippen molar-refractivity contribution in [2.24, 2.45) is 0 Å². The molecule has 0 N–H and O–H groups in total. The summed E-state index contributed by atoms with van der Waals surface area (Å²) in [7, 11) is -0.934. The number of allylic oxidation sites excluding steroid dienone is 1. The third kappa shape index (κ3) is 9.56. The van der Waals surface area contributed by atoms with Gasteiger partial charge in [0.15, 0.2) is 0 Å². The smallest absolute Gasteiger partial charge is 0.108 e. The maximum atomic E-state index is 5.37. The van der Waals surface area contributed by atoms with Gasteiger partial charge in [0, 0.05) is 8.07 Å². The zero-order valence-electron chi connectivity index (χ0n) is 10.1. The predicted octanol–water partition coefficient (Wildman–Crippen LogP) is 3.31. The molecular weight excluding hydrogens is 188 g/mol. The van der Waals surface area contributed by atoms with E-state index in [2.05, 4.69) is 44.5 Å². The van der Waals surface area contributed by atoms with Crippen LogP contribution in [0.3, 0.4) is 0 Å². The van der Waals surface area contributed by atoms with Crippen molar-refractivity contribution in [3.8, 4) is 11.8 Å². The van der Waals surface area contributed by atoms with Crippen LogP contribution >= 0.6 is 0 Å². The van der Waals surface area contributed by atoms with Crippen LogP contribution in [-0.4, -0.2) is 21.3 Å². The lowest BCUT2D eigenvalue weighted by atomic mass is 10.3. The van der Waals surface area contributed by atoms with E-state index >= 15 is 0 Å². The van der Waals surface area contributed by atoms with E-state index in [-0.39, 0.29) is 0 Å². The Morgan fingerprint density at radius 2 is 2.00 bits per heavy atom. The fourth-order valence-corrected chi connectivity index (χ4v) is 1.84. The van der Waals surface area contributed by atoms with Gasteiger partial charge in [0.25, 0.3) is 0 Å². The second-order valence-electron chi connectivity index (χ2n) is 4.73. The maximum absolute atomic E-state index is 5.37. The minimum Gasteiger partial charge on any atom is -0.364 e. The zero-order chi connectivity index (χ0) is 11.0. The van der Waals surface area contributed by atoms with Crippen LogP contribution in [0, 0.1) is 11.8 Å². The van der Waals surface area contributed by atoms with E-state index in [0.29, 0.717) is 6.61 Å². The summed E-state index contributed by atoms with van der Waals surface area (Å²) >= 11 is 0. The molecule has 0 saturated heterocycles. The molecule has 0 aromatic carbocycles. The third-order valence-corrected chi connectivity index (χ3v) is 3.17. The van der Waals surface area contributed by atoms with Crippen LogP contribution in [0.5, 0.6) is 0 Å². The summed E-state index contributed by atoms with van der Waals surface area (Å²) in [6.45, 7) is 12.4. The number of ether oxygens (including phenoxy) is 1. The summed E-state index contributed by atoms with van der Waals surface area (Å²) < 4.78 is 5.37. The van der Waals surface area contributed by atoms with Crippen molar-refractivity contribution in [3.05, 3.63) is 11.6 Å². The monoisotopic (exact) mass is 210 g/mol. The van der Waals surface area contributed by atoms with Crippen LogP contribution in [0.1, 0.15) is 13.8 Å². The van der Waals surface area contributed by atoms with Crippen molar-refractivity contribution in [3.63, 3.8) is 0 Å². The lowest BCUT2D eigenvalue weighted by Gasteiger charge is -2.12. The highest BCUT2D eigenvalue weighted by molar-refractivity contribution is 6.76. The first-order valence-electron chi connectivity index (χ1n) is 5.08. The fourth-order valence-electron chi connectivity index (χ4n) is 0.875. The minimum atomic E-state index is -0.934. The number of hydrogen-bond acceptors (Lipinski definition) is 1. The minimum absolute atomic E-state index is 0.550. The van der Waals surface area contributed by atoms with E-state index in [0.717, 1.165) is 6.61 Å². The van der Waals surface area contributed by atoms with Crippen LogP contribution in [0.2, 0.25) is 25.7 Å². The Morgan fingerprint density at radius 1 is 1.36 bits per heavy atom. The van der Waals surface area contributed by atoms with Gasteiger partial charge in [-0.1, -0.05) is 37.2 Å². The molecule has 0 aliphatic rings. The average molecular weight is 210 g/mol. The number of hydrogen-bond donors (Lipinski definition) is 0. The highest BCUT2D eigenvalue weighted by atomic mass is 28.3. The second kappa shape index (κ2) is 6.86. The Labute approximate surface area is 89.6 Å². The van der Waals surface area contributed by atoms with E-state index in [9.17, 15) is 0 Å². The maximum Gasteiger partial charge on any atom is 0.108 e. The molecule has 0 heterocycles. The molecule has 0 aliphatic heterocycles. The molecule has 0 amide bonds. The van der Waals surface area contributed by atoms with Crippen LogP contribution in [0.4, 0.5) is 0 Å². The van der Waals surface area contributed by atoms with Gasteiger partial charge in [-0.05, 0) is 19.9 Å². The highest BCUT2D eigenvalue weighted by Gasteiger charge is 2.10. The largest absolute Gasteiger partial charge is 0.364 e. The molecule has 1 nitrogen and oxygen atoms in total. The second-order valence-corrected chi connectivity index (χ2v) is 10.3. The van der Waals surface area contributed by atoms with Crippen LogP contribution < -0.4 is 0 Å². The van der Waals surface area contributed by atoms with E-state index in [1.54, 1.807) is 0 Å². The van der Waals surface area contributed by atoms with Gasteiger partial charge >= 0.3 is 0 Å². The first-order chi connectivity index (χ1) is 6.45. The van der Waals surface area contributed by atoms with Gasteiger partial charge in [-0.3, -0.25) is 0 Å². The predicted molar refractivity (Wildman–Crippen MR) is 66.2 cm³/mol. The van der Waals surface area contributed by atoms with Crippen molar-refractivity contribution in [1.82, 2.24) is 0 Å². The van der Waals surface area contributed by atoms with Crippen molar-refractivity contribution in [2.75, 3.05) is 13.2 Å². The molecule has 80 valence electrons. The summed E-state index contributed by atoms with van der Waals surface area (Å²) in [6, 6.07) is 1.24. The molecule has 2 heteroatoms. The van der Waals surface area contributed by atoms with Gasteiger partial charge in [0.2, 0.25) is 0 Å². The van der Waals surface area contributed by atoms with Crippen LogP contribution in [0.25, 0.3) is 0 Å². The van der Waals surface area contributed by atoms with Gasteiger partial charge in [-0.25, -0.2) is 0 Å². The quantitative estimate of drug-likeness (QED) is 0.293. The average Bonchev–Trinajstić information content (AvgIpc) is 2.08. The highest BCUT2D eigenvalue weighted by Crippen LogP contribution is 2.10. The number of rotatable bonds is 5. The van der Waals surface area contributed by atoms with Crippen LogP contribution in [0.15, 0.2) is 11.6 Å². The lowest BCUT2D eigenvalue weighted by Crippen LogP contribution is -2.17. The Bertz CT molecular complexity index is 237. The summed E-state index contributed by atoms with van der Waals surface area (Å²) in [5.41, 5.74) is 1.32. The topological polar surface area (TPSA) is 9.23 Å². The molecule has 0 saturated carbocycles. The van der Waals surface area contributed by atoms with E-state index in [1.807, 2.05) is 6.92 Å². The summed E-state index contributed by atoms with van der Waals surface area (Å²) in [5, 5.41) is 0. The molecule has 0 fully saturated rings. The van der Waals surface area contributed by atoms with Crippen molar-refractivity contribution in [1.29, 1.82) is 0 Å². The third-order valence-electron chi connectivity index (χ3n) is 1.74. The van der Waals surface area contributed by atoms with Crippen molar-refractivity contribution < 1.29 is 4.74 Å². The van der Waals surface area contributed by atoms with Gasteiger partial charge in [-0.15, -0.1) is 5.92 Å². The normalized spacial score (nSPS) is 12.2. The Hall–Kier alpha value is -0.523. The Balaban J connectivity index is 3.71. The lowest BCUT2D eigenvalue weighted by molar-refractivity contribution is 0.192. The van der Waals surface area contributed by atoms with Gasteiger partial charge in [-0.2, -0.15) is 0 Å². The fraction of sp³-hybridized carbons (Fsp3) is 0.667. The molecule has 0 spiro atoms. The first kappa shape index (κ1) is 13.5. The van der Waals surface area contributed by atoms with Crippen molar-refractivity contribution in [2.45, 2.75) is 39.5 Å². The molecule has 0 unspecified atom stereocenters. The van der Waals surface area contributed by atoms with Crippen molar-refractivity contribution >= 4 is 8.07 Å². The molecule has 0 aliphatic carbocycles. The summed E-state index contributed by atoms with van der Waals surface area (Å²) in [5.74, 6) is 5.70. The SMILES string of the molecule is CC#CCOC/C(C)=C\C[Si](C)(C)C. The molecule has 14 heavy (non-hydrogen) atoms. The first-order valence-corrected chi connectivity index (χ1v) is 8.79. The summed E-state index contributed by atoms with van der Waals surface area (Å²) in [4.78, 5) is 0. The van der Waals surface area contributed by atoms with Crippen LogP contribution in [-0.2, 0) is 4.74 Å². The standard InChI is InChI=1S/C12H22OSi/c1-6-7-9-13-11-12(2)8-10-14(3,4)5/h8H,9-11H2,1-5H3/b12-8-. The molecular formula is C12H22OSi. The molecule has 0 bridgehead atoms. The van der Waals surface area contributed by atoms with Gasteiger partial charge in [0.1, 0.15) is 6.61 Å². The van der Waals surface area contributed by atoms with E-state index in [4.69, 9.17) is 4.74 Å².